The normalized spacial score (nSPS) is 12.5. The third-order valence-electron chi connectivity index (χ3n) is 4.24. The molecule has 0 saturated heterocycles. The lowest BCUT2D eigenvalue weighted by atomic mass is 10.2. The van der Waals surface area contributed by atoms with Gasteiger partial charge in [-0.1, -0.05) is 17.7 Å². The van der Waals surface area contributed by atoms with Crippen LogP contribution in [0.2, 0.25) is 5.02 Å². The van der Waals surface area contributed by atoms with E-state index < -0.39 is 23.2 Å². The Kier molecular flexibility index (Phi) is 5.07. The number of halogens is 2. The summed E-state index contributed by atoms with van der Waals surface area (Å²) in [5.74, 6) is -0.265. The lowest BCUT2D eigenvalue weighted by molar-refractivity contribution is 0.208. The van der Waals surface area contributed by atoms with Crippen LogP contribution < -0.4 is 16.6 Å². The molecule has 2 heterocycles. The first kappa shape index (κ1) is 19.1. The summed E-state index contributed by atoms with van der Waals surface area (Å²) >= 11 is 5.68. The number of benzene rings is 1. The van der Waals surface area contributed by atoms with Crippen LogP contribution in [0.4, 0.5) is 10.3 Å². The molecule has 0 radical (unpaired) electrons. The summed E-state index contributed by atoms with van der Waals surface area (Å²) in [5.41, 5.74) is -0.226. The first-order valence-electron chi connectivity index (χ1n) is 8.22. The summed E-state index contributed by atoms with van der Waals surface area (Å²) in [4.78, 5) is 29.9. The van der Waals surface area contributed by atoms with Gasteiger partial charge in [0.1, 0.15) is 5.82 Å². The summed E-state index contributed by atoms with van der Waals surface area (Å²) in [5, 5.41) is 12.3. The van der Waals surface area contributed by atoms with E-state index in [9.17, 15) is 19.1 Å². The smallest absolute Gasteiger partial charge is 0.332 e. The number of aryl methyl sites for hydroxylation is 2. The van der Waals surface area contributed by atoms with Gasteiger partial charge in [0.05, 0.1) is 17.7 Å². The van der Waals surface area contributed by atoms with E-state index in [4.69, 9.17) is 11.6 Å². The molecule has 0 aliphatic heterocycles. The van der Waals surface area contributed by atoms with Gasteiger partial charge >= 0.3 is 5.69 Å². The highest BCUT2D eigenvalue weighted by molar-refractivity contribution is 6.30. The van der Waals surface area contributed by atoms with E-state index in [-0.39, 0.29) is 29.3 Å². The van der Waals surface area contributed by atoms with Crippen molar-refractivity contribution in [3.8, 4) is 0 Å². The van der Waals surface area contributed by atoms with E-state index in [1.807, 2.05) is 0 Å². The van der Waals surface area contributed by atoms with E-state index in [0.717, 1.165) is 4.57 Å². The Hall–Kier alpha value is -2.65. The topological polar surface area (TPSA) is 94.1 Å². The third-order valence-corrected chi connectivity index (χ3v) is 4.55. The number of nitrogens with one attached hydrogen (secondary N) is 1. The molecule has 1 unspecified atom stereocenters. The Morgan fingerprint density at radius 1 is 1.30 bits per heavy atom. The minimum Gasteiger partial charge on any atom is -0.392 e. The minimum absolute atomic E-state index is 0.0325. The van der Waals surface area contributed by atoms with Gasteiger partial charge in [-0.25, -0.2) is 9.18 Å². The highest BCUT2D eigenvalue weighted by Gasteiger charge is 2.19. The maximum Gasteiger partial charge on any atom is 0.332 e. The van der Waals surface area contributed by atoms with E-state index >= 15 is 0 Å². The van der Waals surface area contributed by atoms with Crippen LogP contribution in [-0.4, -0.2) is 36.4 Å². The Labute approximate surface area is 158 Å². The molecule has 0 spiro atoms. The van der Waals surface area contributed by atoms with Crippen LogP contribution in [0.1, 0.15) is 12.5 Å². The number of aliphatic hydroxyl groups excluding tert-OH is 1. The number of aliphatic hydroxyl groups is 1. The number of nitrogens with zero attached hydrogens (tertiary/aromatic N) is 4. The van der Waals surface area contributed by atoms with E-state index in [1.165, 1.54) is 28.3 Å². The number of aromatic nitrogens is 4. The van der Waals surface area contributed by atoms with Crippen molar-refractivity contribution in [2.75, 3.05) is 11.9 Å². The molecule has 27 heavy (non-hydrogen) atoms. The fourth-order valence-electron chi connectivity index (χ4n) is 2.80. The summed E-state index contributed by atoms with van der Waals surface area (Å²) in [6, 6.07) is 4.13. The van der Waals surface area contributed by atoms with Crippen LogP contribution in [0, 0.1) is 5.82 Å². The van der Waals surface area contributed by atoms with Gasteiger partial charge in [0, 0.05) is 20.6 Å². The molecule has 3 rings (SSSR count). The Morgan fingerprint density at radius 3 is 2.63 bits per heavy atom. The lowest BCUT2D eigenvalue weighted by Gasteiger charge is -2.09. The van der Waals surface area contributed by atoms with Gasteiger partial charge in [-0.2, -0.15) is 4.98 Å². The second-order valence-electron chi connectivity index (χ2n) is 6.38. The molecule has 1 aromatic carbocycles. The number of rotatable bonds is 5. The van der Waals surface area contributed by atoms with Crippen LogP contribution in [0.15, 0.2) is 27.8 Å². The fourth-order valence-corrected chi connectivity index (χ4v) is 2.92. The summed E-state index contributed by atoms with van der Waals surface area (Å²) in [6.07, 6.45) is -0.606. The predicted octanol–water partition coefficient (Wildman–Crippen LogP) is 1.07. The van der Waals surface area contributed by atoms with E-state index in [0.29, 0.717) is 11.5 Å². The maximum atomic E-state index is 13.7. The molecule has 1 atom stereocenters. The summed E-state index contributed by atoms with van der Waals surface area (Å²) in [6.45, 7) is 1.75. The molecule has 10 heteroatoms. The van der Waals surface area contributed by atoms with Crippen molar-refractivity contribution in [2.24, 2.45) is 14.1 Å². The first-order valence-corrected chi connectivity index (χ1v) is 8.60. The maximum absolute atomic E-state index is 13.7. The molecule has 0 aliphatic rings. The highest BCUT2D eigenvalue weighted by Crippen LogP contribution is 2.17. The van der Waals surface area contributed by atoms with Crippen LogP contribution in [0.3, 0.4) is 0 Å². The lowest BCUT2D eigenvalue weighted by Crippen LogP contribution is -2.39. The third kappa shape index (κ3) is 3.47. The molecule has 2 N–H and O–H groups in total. The SMILES string of the molecule is CC(O)CNc1nc2c(c(=O)n(Cc3ccc(Cl)c(F)c3)c(=O)n2C)n1C. The van der Waals surface area contributed by atoms with Crippen LogP contribution in [0.5, 0.6) is 0 Å². The molecule has 8 nitrogen and oxygen atoms in total. The van der Waals surface area contributed by atoms with Crippen LogP contribution in [0.25, 0.3) is 11.2 Å². The summed E-state index contributed by atoms with van der Waals surface area (Å²) in [7, 11) is 3.15. The zero-order valence-electron chi connectivity index (χ0n) is 15.0. The molecular formula is C17H19ClFN5O3. The van der Waals surface area contributed by atoms with Crippen molar-refractivity contribution in [1.29, 1.82) is 0 Å². The van der Waals surface area contributed by atoms with E-state index in [1.54, 1.807) is 20.0 Å². The average molecular weight is 396 g/mol. The zero-order valence-corrected chi connectivity index (χ0v) is 15.8. The monoisotopic (exact) mass is 395 g/mol. The van der Waals surface area contributed by atoms with Gasteiger partial charge in [-0.15, -0.1) is 0 Å². The number of anilines is 1. The van der Waals surface area contributed by atoms with Crippen LogP contribution >= 0.6 is 11.6 Å². The molecule has 0 fully saturated rings. The molecule has 0 bridgehead atoms. The molecule has 0 aliphatic carbocycles. The van der Waals surface area contributed by atoms with Gasteiger partial charge in [0.15, 0.2) is 11.2 Å². The number of imidazole rings is 1. The molecule has 0 amide bonds. The van der Waals surface area contributed by atoms with Gasteiger partial charge in [-0.05, 0) is 24.6 Å². The van der Waals surface area contributed by atoms with Gasteiger partial charge < -0.3 is 15.0 Å². The number of fused-ring (bicyclic) bond motifs is 1. The number of hydrogen-bond acceptors (Lipinski definition) is 5. The van der Waals surface area contributed by atoms with Crippen molar-refractivity contribution >= 4 is 28.7 Å². The standard InChI is InChI=1S/C17H19ClFN5O3/c1-9(25)7-20-16-21-14-13(22(16)2)15(26)24(17(27)23(14)3)8-10-4-5-11(18)12(19)6-10/h4-6,9,25H,7-8H2,1-3H3,(H,20,21). The van der Waals surface area contributed by atoms with Crippen molar-refractivity contribution in [3.63, 3.8) is 0 Å². The Balaban J connectivity index is 2.14. The second-order valence-corrected chi connectivity index (χ2v) is 6.79. The van der Waals surface area contributed by atoms with Crippen LogP contribution in [-0.2, 0) is 20.6 Å². The molecule has 3 aromatic rings. The van der Waals surface area contributed by atoms with Gasteiger partial charge in [-0.3, -0.25) is 13.9 Å². The minimum atomic E-state index is -0.620. The Morgan fingerprint density at radius 2 is 2.00 bits per heavy atom. The van der Waals surface area contributed by atoms with E-state index in [2.05, 4.69) is 10.3 Å². The first-order chi connectivity index (χ1) is 12.7. The van der Waals surface area contributed by atoms with Crippen molar-refractivity contribution in [3.05, 3.63) is 55.4 Å². The quantitative estimate of drug-likeness (QED) is 0.674. The van der Waals surface area contributed by atoms with Crippen molar-refractivity contribution < 1.29 is 9.50 Å². The highest BCUT2D eigenvalue weighted by atomic mass is 35.5. The average Bonchev–Trinajstić information content (AvgIpc) is 2.95. The zero-order chi connectivity index (χ0) is 19.9. The fraction of sp³-hybridized carbons (Fsp3) is 0.353. The van der Waals surface area contributed by atoms with Crippen molar-refractivity contribution in [2.45, 2.75) is 19.6 Å². The largest absolute Gasteiger partial charge is 0.392 e. The Bertz CT molecular complexity index is 1130. The second kappa shape index (κ2) is 7.16. The molecular weight excluding hydrogens is 377 g/mol. The number of hydrogen-bond donors (Lipinski definition) is 2. The van der Waals surface area contributed by atoms with Gasteiger partial charge in [0.25, 0.3) is 5.56 Å². The molecule has 2 aromatic heterocycles. The summed E-state index contributed by atoms with van der Waals surface area (Å²) < 4.78 is 17.5. The van der Waals surface area contributed by atoms with Gasteiger partial charge in [0.2, 0.25) is 5.95 Å². The molecule has 0 saturated carbocycles. The molecule has 144 valence electrons. The predicted molar refractivity (Wildman–Crippen MR) is 101 cm³/mol. The van der Waals surface area contributed by atoms with Crippen molar-refractivity contribution in [1.82, 2.24) is 18.7 Å².